The number of hydrogen-bond acceptors (Lipinski definition) is 5. The van der Waals surface area contributed by atoms with Gasteiger partial charge in [0.15, 0.2) is 0 Å². The smallest absolute Gasteiger partial charge is 0.273 e. The largest absolute Gasteiger partial charge is 0.317 e. The van der Waals surface area contributed by atoms with Crippen LogP contribution in [0.25, 0.3) is 10.9 Å². The van der Waals surface area contributed by atoms with E-state index in [1.54, 1.807) is 6.07 Å². The maximum absolute atomic E-state index is 11.7. The molecule has 1 atom stereocenters. The molecule has 2 rings (SSSR count). The number of H-pyrrole nitrogens is 1. The molecule has 0 bridgehead atoms. The Morgan fingerprint density at radius 3 is 2.85 bits per heavy atom. The van der Waals surface area contributed by atoms with Gasteiger partial charge < -0.3 is 10.3 Å². The molecule has 106 valence electrons. The highest BCUT2D eigenvalue weighted by Gasteiger charge is 2.19. The summed E-state index contributed by atoms with van der Waals surface area (Å²) in [6, 6.07) is 3.08. The maximum Gasteiger partial charge on any atom is 0.273 e. The average molecular weight is 276 g/mol. The predicted octanol–water partition coefficient (Wildman–Crippen LogP) is 1.37. The third kappa shape index (κ3) is 2.67. The zero-order valence-corrected chi connectivity index (χ0v) is 11.3. The van der Waals surface area contributed by atoms with E-state index in [2.05, 4.69) is 15.3 Å². The number of hydrogen-bond donors (Lipinski definition) is 2. The first kappa shape index (κ1) is 14.1. The van der Waals surface area contributed by atoms with Crippen molar-refractivity contribution >= 4 is 16.6 Å². The number of aromatic amines is 1. The molecular formula is C13H16N4O3. The number of nitro groups is 1. The van der Waals surface area contributed by atoms with Gasteiger partial charge in [0.1, 0.15) is 0 Å². The normalized spacial score (nSPS) is 12.5. The van der Waals surface area contributed by atoms with Gasteiger partial charge in [-0.15, -0.1) is 0 Å². The summed E-state index contributed by atoms with van der Waals surface area (Å²) >= 11 is 0. The molecule has 1 unspecified atom stereocenters. The van der Waals surface area contributed by atoms with Gasteiger partial charge in [-0.25, -0.2) is 4.98 Å². The van der Waals surface area contributed by atoms with Gasteiger partial charge in [0, 0.05) is 17.7 Å². The number of nitro benzene ring substituents is 1. The second-order valence-electron chi connectivity index (χ2n) is 4.58. The molecule has 2 aromatic rings. The number of aromatic nitrogens is 2. The molecule has 1 aromatic carbocycles. The van der Waals surface area contributed by atoms with Crippen LogP contribution in [0.4, 0.5) is 5.69 Å². The van der Waals surface area contributed by atoms with E-state index in [1.807, 2.05) is 14.0 Å². The highest BCUT2D eigenvalue weighted by molar-refractivity contribution is 5.81. The van der Waals surface area contributed by atoms with Crippen molar-refractivity contribution in [2.24, 2.45) is 0 Å². The average Bonchev–Trinajstić information content (AvgIpc) is 2.44. The van der Waals surface area contributed by atoms with Crippen LogP contribution in [-0.4, -0.2) is 28.0 Å². The van der Waals surface area contributed by atoms with Crippen LogP contribution in [0.3, 0.4) is 0 Å². The van der Waals surface area contributed by atoms with Crippen LogP contribution in [0.2, 0.25) is 0 Å². The lowest BCUT2D eigenvalue weighted by Gasteiger charge is -2.14. The monoisotopic (exact) mass is 276 g/mol. The lowest BCUT2D eigenvalue weighted by atomic mass is 10.0. The van der Waals surface area contributed by atoms with Crippen molar-refractivity contribution in [1.29, 1.82) is 0 Å². The molecule has 1 heterocycles. The summed E-state index contributed by atoms with van der Waals surface area (Å²) in [6.45, 7) is 2.01. The van der Waals surface area contributed by atoms with Crippen LogP contribution in [0.15, 0.2) is 23.3 Å². The summed E-state index contributed by atoms with van der Waals surface area (Å²) < 4.78 is 0. The fraction of sp³-hybridized carbons (Fsp3) is 0.385. The first-order valence-corrected chi connectivity index (χ1v) is 6.38. The third-order valence-corrected chi connectivity index (χ3v) is 3.40. The summed E-state index contributed by atoms with van der Waals surface area (Å²) in [5, 5.41) is 14.5. The van der Waals surface area contributed by atoms with Gasteiger partial charge in [0.05, 0.1) is 22.2 Å². The molecule has 0 aliphatic rings. The third-order valence-electron chi connectivity index (χ3n) is 3.40. The molecule has 7 heteroatoms. The van der Waals surface area contributed by atoms with E-state index in [9.17, 15) is 14.9 Å². The molecule has 0 radical (unpaired) electrons. The second kappa shape index (κ2) is 5.79. The number of benzene rings is 1. The Bertz CT molecular complexity index is 692. The highest BCUT2D eigenvalue weighted by atomic mass is 16.6. The lowest BCUT2D eigenvalue weighted by molar-refractivity contribution is -0.385. The summed E-state index contributed by atoms with van der Waals surface area (Å²) in [6.07, 6.45) is 2.68. The van der Waals surface area contributed by atoms with Gasteiger partial charge in [-0.3, -0.25) is 14.9 Å². The molecule has 0 spiro atoms. The zero-order valence-electron chi connectivity index (χ0n) is 11.3. The summed E-state index contributed by atoms with van der Waals surface area (Å²) in [5.74, 6) is 0. The SMILES string of the molecule is CCC(Cc1cc2nc[nH]c(=O)c2cc1[N+](=O)[O-])NC. The van der Waals surface area contributed by atoms with Gasteiger partial charge in [0.25, 0.3) is 11.2 Å². The van der Waals surface area contributed by atoms with E-state index in [0.29, 0.717) is 17.5 Å². The van der Waals surface area contributed by atoms with Crippen molar-refractivity contribution < 1.29 is 4.92 Å². The maximum atomic E-state index is 11.7. The standard InChI is InChI=1S/C13H16N4O3/c1-3-9(14-2)4-8-5-11-10(6-12(8)17(19)20)13(18)16-7-15-11/h5-7,9,14H,3-4H2,1-2H3,(H,15,16,18). The molecule has 0 saturated carbocycles. The van der Waals surface area contributed by atoms with E-state index in [1.165, 1.54) is 12.4 Å². The van der Waals surface area contributed by atoms with E-state index in [4.69, 9.17) is 0 Å². The zero-order chi connectivity index (χ0) is 14.7. The van der Waals surface area contributed by atoms with Crippen LogP contribution < -0.4 is 10.9 Å². The van der Waals surface area contributed by atoms with Crippen molar-refractivity contribution in [3.05, 3.63) is 44.5 Å². The summed E-state index contributed by atoms with van der Waals surface area (Å²) in [4.78, 5) is 28.9. The lowest BCUT2D eigenvalue weighted by Crippen LogP contribution is -2.26. The van der Waals surface area contributed by atoms with Crippen LogP contribution in [0, 0.1) is 10.1 Å². The number of likely N-dealkylation sites (N-methyl/N-ethyl adjacent to an activating group) is 1. The fourth-order valence-electron chi connectivity index (χ4n) is 2.20. The van der Waals surface area contributed by atoms with Crippen molar-refractivity contribution in [1.82, 2.24) is 15.3 Å². The van der Waals surface area contributed by atoms with Gasteiger partial charge >= 0.3 is 0 Å². The Morgan fingerprint density at radius 1 is 1.50 bits per heavy atom. The molecule has 0 saturated heterocycles. The topological polar surface area (TPSA) is 101 Å². The minimum absolute atomic E-state index is 0.0373. The number of fused-ring (bicyclic) bond motifs is 1. The van der Waals surface area contributed by atoms with Gasteiger partial charge in [0.2, 0.25) is 0 Å². The van der Waals surface area contributed by atoms with Gasteiger partial charge in [-0.05, 0) is 26.0 Å². The highest BCUT2D eigenvalue weighted by Crippen LogP contribution is 2.24. The molecule has 2 N–H and O–H groups in total. The van der Waals surface area contributed by atoms with Crippen LogP contribution in [0.1, 0.15) is 18.9 Å². The molecule has 0 fully saturated rings. The Labute approximate surface area is 115 Å². The van der Waals surface area contributed by atoms with Gasteiger partial charge in [-0.2, -0.15) is 0 Å². The predicted molar refractivity (Wildman–Crippen MR) is 75.9 cm³/mol. The Morgan fingerprint density at radius 2 is 2.25 bits per heavy atom. The Hall–Kier alpha value is -2.28. The molecule has 20 heavy (non-hydrogen) atoms. The molecule has 0 amide bonds. The first-order valence-electron chi connectivity index (χ1n) is 6.38. The molecular weight excluding hydrogens is 260 g/mol. The Kier molecular flexibility index (Phi) is 4.09. The molecule has 0 aliphatic carbocycles. The molecule has 0 aliphatic heterocycles. The second-order valence-corrected chi connectivity index (χ2v) is 4.58. The minimum atomic E-state index is -0.455. The summed E-state index contributed by atoms with van der Waals surface area (Å²) in [7, 11) is 1.82. The summed E-state index contributed by atoms with van der Waals surface area (Å²) in [5.41, 5.74) is 0.650. The molecule has 1 aromatic heterocycles. The van der Waals surface area contributed by atoms with Crippen LogP contribution >= 0.6 is 0 Å². The van der Waals surface area contributed by atoms with Crippen molar-refractivity contribution in [3.63, 3.8) is 0 Å². The molecule has 7 nitrogen and oxygen atoms in total. The van der Waals surface area contributed by atoms with Crippen molar-refractivity contribution in [2.45, 2.75) is 25.8 Å². The number of rotatable bonds is 5. The van der Waals surface area contributed by atoms with Crippen molar-refractivity contribution in [3.8, 4) is 0 Å². The van der Waals surface area contributed by atoms with E-state index < -0.39 is 4.92 Å². The van der Waals surface area contributed by atoms with E-state index in [0.717, 1.165) is 6.42 Å². The van der Waals surface area contributed by atoms with E-state index in [-0.39, 0.29) is 22.7 Å². The first-order chi connectivity index (χ1) is 9.56. The fourth-order valence-corrected chi connectivity index (χ4v) is 2.20. The quantitative estimate of drug-likeness (QED) is 0.634. The minimum Gasteiger partial charge on any atom is -0.317 e. The number of nitrogens with one attached hydrogen (secondary N) is 2. The number of nitrogens with zero attached hydrogens (tertiary/aromatic N) is 2. The van der Waals surface area contributed by atoms with E-state index >= 15 is 0 Å². The Balaban J connectivity index is 2.60. The van der Waals surface area contributed by atoms with Crippen LogP contribution in [-0.2, 0) is 6.42 Å². The van der Waals surface area contributed by atoms with Crippen LogP contribution in [0.5, 0.6) is 0 Å². The van der Waals surface area contributed by atoms with Crippen molar-refractivity contribution in [2.75, 3.05) is 7.05 Å². The van der Waals surface area contributed by atoms with Gasteiger partial charge in [-0.1, -0.05) is 6.92 Å².